The number of carbonyl (C=O) groups excluding carboxylic acids is 2. The van der Waals surface area contributed by atoms with Crippen molar-refractivity contribution in [3.63, 3.8) is 0 Å². The fraction of sp³-hybridized carbons (Fsp3) is 0.0476. The first-order chi connectivity index (χ1) is 14.5. The number of nitrogens with one attached hydrogen (secondary N) is 1. The van der Waals surface area contributed by atoms with Gasteiger partial charge in [0, 0.05) is 10.9 Å². The highest BCUT2D eigenvalue weighted by molar-refractivity contribution is 8.26. The van der Waals surface area contributed by atoms with E-state index in [1.165, 1.54) is 13.2 Å². The molecular weight excluding hydrogens is 424 g/mol. The summed E-state index contributed by atoms with van der Waals surface area (Å²) in [5.41, 5.74) is 2.94. The van der Waals surface area contributed by atoms with Gasteiger partial charge in [-0.15, -0.1) is 0 Å². The number of rotatable bonds is 4. The van der Waals surface area contributed by atoms with Crippen LogP contribution in [0.1, 0.15) is 15.9 Å². The maximum atomic E-state index is 12.7. The van der Waals surface area contributed by atoms with E-state index in [0.29, 0.717) is 16.9 Å². The molecule has 1 saturated heterocycles. The molecule has 1 aromatic heterocycles. The first kappa shape index (κ1) is 19.9. The normalized spacial score (nSPS) is 15.1. The van der Waals surface area contributed by atoms with E-state index >= 15 is 0 Å². The number of benzene rings is 2. The van der Waals surface area contributed by atoms with Gasteiger partial charge in [-0.2, -0.15) is 5.01 Å². The lowest BCUT2D eigenvalue weighted by Gasteiger charge is -2.15. The third-order valence-electron chi connectivity index (χ3n) is 4.31. The Bertz CT molecular complexity index is 1260. The van der Waals surface area contributed by atoms with Crippen molar-refractivity contribution in [2.75, 3.05) is 7.11 Å². The van der Waals surface area contributed by atoms with Crippen LogP contribution in [0.4, 0.5) is 0 Å². The molecule has 2 aromatic carbocycles. The average molecular weight is 438 g/mol. The first-order valence-corrected chi connectivity index (χ1v) is 9.94. The van der Waals surface area contributed by atoms with Crippen LogP contribution in [0.3, 0.4) is 0 Å². The maximum Gasteiger partial charge on any atom is 0.343 e. The second-order valence-electron chi connectivity index (χ2n) is 6.21. The van der Waals surface area contributed by atoms with Crippen LogP contribution in [0.5, 0.6) is 5.75 Å². The topological polar surface area (TPSA) is 88.8 Å². The number of fused-ring (bicyclic) bond motifs is 1. The predicted molar refractivity (Wildman–Crippen MR) is 118 cm³/mol. The van der Waals surface area contributed by atoms with Gasteiger partial charge in [0.25, 0.3) is 11.8 Å². The molecule has 0 atom stereocenters. The molecule has 1 fully saturated rings. The van der Waals surface area contributed by atoms with E-state index in [-0.39, 0.29) is 14.8 Å². The molecule has 7 nitrogen and oxygen atoms in total. The second-order valence-corrected chi connectivity index (χ2v) is 7.89. The van der Waals surface area contributed by atoms with Crippen molar-refractivity contribution in [3.05, 3.63) is 81.0 Å². The van der Waals surface area contributed by atoms with Crippen molar-refractivity contribution in [1.29, 1.82) is 0 Å². The largest absolute Gasteiger partial charge is 0.497 e. The molecule has 1 N–H and O–H groups in total. The summed E-state index contributed by atoms with van der Waals surface area (Å²) in [6.07, 6.45) is 1.41. The zero-order valence-corrected chi connectivity index (χ0v) is 17.2. The monoisotopic (exact) mass is 438 g/mol. The summed E-state index contributed by atoms with van der Waals surface area (Å²) in [4.78, 5) is 37.7. The molecule has 0 radical (unpaired) electrons. The third-order valence-corrected chi connectivity index (χ3v) is 5.62. The van der Waals surface area contributed by atoms with Gasteiger partial charge in [-0.1, -0.05) is 30.0 Å². The Balaban J connectivity index is 1.57. The number of hydrogen-bond donors (Lipinski definition) is 1. The molecule has 0 spiro atoms. The number of hydrazine groups is 1. The fourth-order valence-electron chi connectivity index (χ4n) is 2.79. The lowest BCUT2D eigenvalue weighted by Crippen LogP contribution is -2.44. The highest BCUT2D eigenvalue weighted by Gasteiger charge is 2.34. The number of thiocarbonyl (C=S) groups is 1. The van der Waals surface area contributed by atoms with E-state index in [9.17, 15) is 14.4 Å². The van der Waals surface area contributed by atoms with E-state index in [1.54, 1.807) is 48.5 Å². The van der Waals surface area contributed by atoms with Crippen LogP contribution in [-0.2, 0) is 4.79 Å². The lowest BCUT2D eigenvalue weighted by atomic mass is 10.2. The summed E-state index contributed by atoms with van der Waals surface area (Å²) >= 11 is 6.21. The summed E-state index contributed by atoms with van der Waals surface area (Å²) in [7, 11) is 1.53. The van der Waals surface area contributed by atoms with Gasteiger partial charge in [-0.3, -0.25) is 15.0 Å². The molecule has 150 valence electrons. The van der Waals surface area contributed by atoms with Crippen LogP contribution in [0.15, 0.2) is 68.7 Å². The molecule has 0 saturated carbocycles. The summed E-state index contributed by atoms with van der Waals surface area (Å²) < 4.78 is 10.5. The molecular formula is C21H14N2O5S2. The maximum absolute atomic E-state index is 12.7. The Morgan fingerprint density at radius 3 is 2.63 bits per heavy atom. The molecule has 9 heteroatoms. The van der Waals surface area contributed by atoms with Crippen molar-refractivity contribution < 1.29 is 18.7 Å². The van der Waals surface area contributed by atoms with Crippen LogP contribution < -0.4 is 15.8 Å². The molecule has 1 aliphatic heterocycles. The van der Waals surface area contributed by atoms with E-state index in [0.717, 1.165) is 22.2 Å². The van der Waals surface area contributed by atoms with Crippen molar-refractivity contribution >= 4 is 57.2 Å². The van der Waals surface area contributed by atoms with Crippen molar-refractivity contribution in [3.8, 4) is 5.75 Å². The molecule has 3 aromatic rings. The van der Waals surface area contributed by atoms with Gasteiger partial charge in [-0.25, -0.2) is 4.79 Å². The van der Waals surface area contributed by atoms with Crippen LogP contribution in [0, 0.1) is 0 Å². The Labute approximate surface area is 180 Å². The summed E-state index contributed by atoms with van der Waals surface area (Å²) in [6, 6.07) is 15.1. The SMILES string of the molecule is COc1ccc(C(=O)NN2C(=O)/C(=C\c3cc4ccccc4oc3=O)SC2=S)cc1. The van der Waals surface area contributed by atoms with Gasteiger partial charge in [0.1, 0.15) is 11.3 Å². The smallest absolute Gasteiger partial charge is 0.343 e. The minimum absolute atomic E-state index is 0.151. The number of thioether (sulfide) groups is 1. The predicted octanol–water partition coefficient (Wildman–Crippen LogP) is 3.35. The standard InChI is InChI=1S/C21H14N2O5S2/c1-27-15-8-6-12(7-9-15)18(24)22-23-19(25)17(30-21(23)29)11-14-10-13-4-2-3-5-16(13)28-20(14)26/h2-11H,1H3,(H,22,24)/b17-11+. The van der Waals surface area contributed by atoms with Crippen molar-refractivity contribution in [2.45, 2.75) is 0 Å². The molecule has 30 heavy (non-hydrogen) atoms. The molecule has 0 unspecified atom stereocenters. The number of carbonyl (C=O) groups is 2. The Morgan fingerprint density at radius 1 is 1.17 bits per heavy atom. The van der Waals surface area contributed by atoms with Crippen molar-refractivity contribution in [2.24, 2.45) is 0 Å². The number of para-hydroxylation sites is 1. The third kappa shape index (κ3) is 3.85. The van der Waals surface area contributed by atoms with E-state index < -0.39 is 17.4 Å². The van der Waals surface area contributed by atoms with Gasteiger partial charge in [0.2, 0.25) is 0 Å². The summed E-state index contributed by atoms with van der Waals surface area (Å²) in [5.74, 6) is -0.422. The zero-order chi connectivity index (χ0) is 21.3. The highest BCUT2D eigenvalue weighted by Crippen LogP contribution is 2.31. The quantitative estimate of drug-likeness (QED) is 0.380. The Morgan fingerprint density at radius 2 is 1.90 bits per heavy atom. The van der Waals surface area contributed by atoms with Crippen LogP contribution in [0.25, 0.3) is 17.0 Å². The highest BCUT2D eigenvalue weighted by atomic mass is 32.2. The molecule has 2 heterocycles. The minimum Gasteiger partial charge on any atom is -0.497 e. The zero-order valence-electron chi connectivity index (χ0n) is 15.6. The number of nitrogens with zero attached hydrogens (tertiary/aromatic N) is 1. The lowest BCUT2D eigenvalue weighted by molar-refractivity contribution is -0.123. The Kier molecular flexibility index (Phi) is 5.39. The summed E-state index contributed by atoms with van der Waals surface area (Å²) in [5, 5.41) is 1.72. The first-order valence-electron chi connectivity index (χ1n) is 8.72. The van der Waals surface area contributed by atoms with Gasteiger partial charge >= 0.3 is 5.63 Å². The van der Waals surface area contributed by atoms with E-state index in [4.69, 9.17) is 21.4 Å². The van der Waals surface area contributed by atoms with Crippen molar-refractivity contribution in [1.82, 2.24) is 10.4 Å². The minimum atomic E-state index is -0.568. The van der Waals surface area contributed by atoms with E-state index in [2.05, 4.69) is 5.43 Å². The molecule has 2 amide bonds. The number of hydrogen-bond acceptors (Lipinski definition) is 7. The number of ether oxygens (including phenoxy) is 1. The molecule has 0 bridgehead atoms. The van der Waals surface area contributed by atoms with Crippen LogP contribution in [0.2, 0.25) is 0 Å². The van der Waals surface area contributed by atoms with Gasteiger partial charge in [0.15, 0.2) is 4.32 Å². The second kappa shape index (κ2) is 8.13. The number of amides is 2. The molecule has 0 aliphatic carbocycles. The van der Waals surface area contributed by atoms with Crippen LogP contribution in [-0.4, -0.2) is 28.3 Å². The van der Waals surface area contributed by atoms with Crippen LogP contribution >= 0.6 is 24.0 Å². The molecule has 1 aliphatic rings. The van der Waals surface area contributed by atoms with E-state index in [1.807, 2.05) is 6.07 Å². The average Bonchev–Trinajstić information content (AvgIpc) is 3.01. The number of methoxy groups -OCH3 is 1. The van der Waals surface area contributed by atoms with Gasteiger partial charge < -0.3 is 9.15 Å². The fourth-order valence-corrected chi connectivity index (χ4v) is 3.96. The summed E-state index contributed by atoms with van der Waals surface area (Å²) in [6.45, 7) is 0. The van der Waals surface area contributed by atoms with Gasteiger partial charge in [0.05, 0.1) is 17.6 Å². The Hall–Kier alpha value is -3.43. The van der Waals surface area contributed by atoms with Gasteiger partial charge in [-0.05, 0) is 54.7 Å². The molecule has 4 rings (SSSR count).